The molecule has 6 nitrogen and oxygen atoms in total. The molecule has 3 aromatic rings. The first kappa shape index (κ1) is 21.3. The maximum Gasteiger partial charge on any atom is 0.138 e. The lowest BCUT2D eigenvalue weighted by Crippen LogP contribution is -2.51. The molecule has 2 fully saturated rings. The molecule has 2 N–H and O–H groups in total. The molecule has 1 aliphatic carbocycles. The molecule has 1 saturated carbocycles. The summed E-state index contributed by atoms with van der Waals surface area (Å²) in [4.78, 5) is 7.48. The number of rotatable bonds is 4. The fourth-order valence-corrected chi connectivity index (χ4v) is 5.12. The van der Waals surface area contributed by atoms with Gasteiger partial charge in [-0.3, -0.25) is 0 Å². The Hall–Kier alpha value is -2.57. The molecule has 2 atom stereocenters. The van der Waals surface area contributed by atoms with Crippen LogP contribution < -0.4 is 10.2 Å². The van der Waals surface area contributed by atoms with Gasteiger partial charge in [0.1, 0.15) is 5.82 Å². The molecule has 5 rings (SSSR count). The van der Waals surface area contributed by atoms with Crippen molar-refractivity contribution in [3.8, 4) is 11.3 Å². The minimum absolute atomic E-state index is 0.195. The Morgan fingerprint density at radius 3 is 2.50 bits per heavy atom. The van der Waals surface area contributed by atoms with E-state index >= 15 is 0 Å². The van der Waals surface area contributed by atoms with Gasteiger partial charge in [-0.05, 0) is 69.9 Å². The highest BCUT2D eigenvalue weighted by Gasteiger charge is 2.28. The molecule has 1 saturated heterocycles. The molecule has 32 heavy (non-hydrogen) atoms. The summed E-state index contributed by atoms with van der Waals surface area (Å²) < 4.78 is 0. The molecule has 168 valence electrons. The van der Waals surface area contributed by atoms with Gasteiger partial charge in [0.25, 0.3) is 0 Å². The summed E-state index contributed by atoms with van der Waals surface area (Å²) >= 11 is 0. The van der Waals surface area contributed by atoms with Crippen LogP contribution in [0.25, 0.3) is 22.2 Å². The molecule has 1 aromatic carbocycles. The highest BCUT2D eigenvalue weighted by atomic mass is 16.3. The average molecular weight is 432 g/mol. The summed E-state index contributed by atoms with van der Waals surface area (Å²) in [5.41, 5.74) is 5.07. The number of anilines is 1. The third kappa shape index (κ3) is 4.48. The Bertz CT molecular complexity index is 1080. The highest BCUT2D eigenvalue weighted by molar-refractivity contribution is 5.89. The van der Waals surface area contributed by atoms with E-state index in [1.165, 1.54) is 12.0 Å². The van der Waals surface area contributed by atoms with Crippen molar-refractivity contribution in [1.29, 1.82) is 0 Å². The minimum atomic E-state index is -0.195. The maximum atomic E-state index is 10.3. The van der Waals surface area contributed by atoms with Gasteiger partial charge >= 0.3 is 0 Å². The summed E-state index contributed by atoms with van der Waals surface area (Å²) in [5, 5.41) is 24.0. The zero-order valence-electron chi connectivity index (χ0n) is 19.1. The van der Waals surface area contributed by atoms with Crippen molar-refractivity contribution in [2.75, 3.05) is 18.0 Å². The number of fused-ring (bicyclic) bond motifs is 1. The van der Waals surface area contributed by atoms with Gasteiger partial charge in [-0.1, -0.05) is 24.5 Å². The smallest absolute Gasteiger partial charge is 0.138 e. The van der Waals surface area contributed by atoms with Gasteiger partial charge in [-0.2, -0.15) is 10.2 Å². The van der Waals surface area contributed by atoms with Crippen LogP contribution in [0.3, 0.4) is 0 Å². The maximum absolute atomic E-state index is 10.3. The van der Waals surface area contributed by atoms with Crippen molar-refractivity contribution < 1.29 is 5.11 Å². The van der Waals surface area contributed by atoms with E-state index in [1.807, 2.05) is 19.1 Å². The van der Waals surface area contributed by atoms with Crippen LogP contribution in [0.5, 0.6) is 0 Å². The van der Waals surface area contributed by atoms with Crippen molar-refractivity contribution in [2.45, 2.75) is 70.6 Å². The molecule has 0 spiro atoms. The predicted octanol–water partition coefficient (Wildman–Crippen LogP) is 4.17. The Balaban J connectivity index is 1.40. The number of nitrogens with one attached hydrogen (secondary N) is 1. The number of benzene rings is 1. The lowest BCUT2D eigenvalue weighted by Gasteiger charge is -2.38. The van der Waals surface area contributed by atoms with E-state index in [9.17, 15) is 5.11 Å². The fourth-order valence-electron chi connectivity index (χ4n) is 5.12. The molecule has 0 amide bonds. The first-order valence-corrected chi connectivity index (χ1v) is 12.0. The van der Waals surface area contributed by atoms with E-state index in [1.54, 1.807) is 0 Å². The third-order valence-electron chi connectivity index (χ3n) is 7.00. The average Bonchev–Trinajstić information content (AvgIpc) is 2.81. The molecule has 1 unspecified atom stereocenters. The van der Waals surface area contributed by atoms with Crippen molar-refractivity contribution >= 4 is 16.7 Å². The summed E-state index contributed by atoms with van der Waals surface area (Å²) in [6.45, 7) is 5.95. The summed E-state index contributed by atoms with van der Waals surface area (Å²) in [6, 6.07) is 13.4. The number of hydrogen-bond acceptors (Lipinski definition) is 6. The van der Waals surface area contributed by atoms with Crippen molar-refractivity contribution in [1.82, 2.24) is 20.5 Å². The molecule has 2 aromatic heterocycles. The van der Waals surface area contributed by atoms with Gasteiger partial charge in [0.15, 0.2) is 0 Å². The van der Waals surface area contributed by atoms with Gasteiger partial charge in [0.05, 0.1) is 23.0 Å². The van der Waals surface area contributed by atoms with E-state index in [2.05, 4.69) is 51.6 Å². The monoisotopic (exact) mass is 431 g/mol. The second-order valence-corrected chi connectivity index (χ2v) is 9.50. The molecule has 6 heteroatoms. The van der Waals surface area contributed by atoms with E-state index in [0.29, 0.717) is 6.04 Å². The lowest BCUT2D eigenvalue weighted by atomic mass is 9.91. The number of aliphatic hydroxyl groups excluding tert-OH is 1. The van der Waals surface area contributed by atoms with Gasteiger partial charge in [0.2, 0.25) is 0 Å². The number of piperidine rings is 1. The van der Waals surface area contributed by atoms with Crippen LogP contribution in [0.2, 0.25) is 0 Å². The Kier molecular flexibility index (Phi) is 6.07. The largest absolute Gasteiger partial charge is 0.392 e. The number of aryl methyl sites for hydroxylation is 2. The molecule has 0 radical (unpaired) electrons. The molecule has 0 bridgehead atoms. The first-order chi connectivity index (χ1) is 15.6. The second-order valence-electron chi connectivity index (χ2n) is 9.50. The van der Waals surface area contributed by atoms with E-state index in [-0.39, 0.29) is 12.1 Å². The van der Waals surface area contributed by atoms with Crippen LogP contribution in [-0.2, 0) is 0 Å². The summed E-state index contributed by atoms with van der Waals surface area (Å²) in [6.07, 6.45) is 6.29. The zero-order chi connectivity index (χ0) is 22.1. The van der Waals surface area contributed by atoms with Crippen molar-refractivity contribution in [3.63, 3.8) is 0 Å². The van der Waals surface area contributed by atoms with Gasteiger partial charge in [-0.15, -0.1) is 0 Å². The molecule has 3 heterocycles. The van der Waals surface area contributed by atoms with E-state index in [0.717, 1.165) is 78.9 Å². The molecular formula is C26H33N5O. The number of aromatic nitrogens is 3. The lowest BCUT2D eigenvalue weighted by molar-refractivity contribution is 0.0828. The van der Waals surface area contributed by atoms with Crippen LogP contribution in [0, 0.1) is 13.8 Å². The first-order valence-electron chi connectivity index (χ1n) is 12.0. The number of pyridine rings is 1. The summed E-state index contributed by atoms with van der Waals surface area (Å²) in [5.74, 6) is 0.996. The van der Waals surface area contributed by atoms with Crippen molar-refractivity contribution in [3.05, 3.63) is 47.7 Å². The summed E-state index contributed by atoms with van der Waals surface area (Å²) in [7, 11) is 0. The van der Waals surface area contributed by atoms with Crippen molar-refractivity contribution in [2.24, 2.45) is 0 Å². The van der Waals surface area contributed by atoms with Crippen LogP contribution >= 0.6 is 0 Å². The third-order valence-corrected chi connectivity index (χ3v) is 7.00. The zero-order valence-corrected chi connectivity index (χ0v) is 19.1. The normalized spacial score (nSPS) is 22.4. The van der Waals surface area contributed by atoms with Gasteiger partial charge in [-0.25, -0.2) is 4.98 Å². The second kappa shape index (κ2) is 9.12. The molecule has 2 aliphatic rings. The highest BCUT2D eigenvalue weighted by Crippen LogP contribution is 2.33. The van der Waals surface area contributed by atoms with E-state index < -0.39 is 0 Å². The predicted molar refractivity (Wildman–Crippen MR) is 129 cm³/mol. The Morgan fingerprint density at radius 1 is 0.938 bits per heavy atom. The molecular weight excluding hydrogens is 398 g/mol. The van der Waals surface area contributed by atoms with Crippen LogP contribution in [0.1, 0.15) is 49.8 Å². The minimum Gasteiger partial charge on any atom is -0.392 e. The Labute approximate surface area is 190 Å². The SMILES string of the molecule is Cc1ccc2nc(N3CCC(NC4CCCC[C@@H]4O)CC3)c(-c3ccc(C)nn3)cc2c1. The number of nitrogens with zero attached hydrogens (tertiary/aromatic N) is 4. The van der Waals surface area contributed by atoms with E-state index in [4.69, 9.17) is 4.98 Å². The quantitative estimate of drug-likeness (QED) is 0.646. The fraction of sp³-hybridized carbons (Fsp3) is 0.500. The van der Waals surface area contributed by atoms with Crippen LogP contribution in [0.15, 0.2) is 36.4 Å². The van der Waals surface area contributed by atoms with Gasteiger partial charge in [0, 0.05) is 36.1 Å². The van der Waals surface area contributed by atoms with Crippen LogP contribution in [-0.4, -0.2) is 51.6 Å². The number of hydrogen-bond donors (Lipinski definition) is 2. The topological polar surface area (TPSA) is 74.2 Å². The number of aliphatic hydroxyl groups is 1. The molecule has 1 aliphatic heterocycles. The van der Waals surface area contributed by atoms with Crippen LogP contribution in [0.4, 0.5) is 5.82 Å². The Morgan fingerprint density at radius 2 is 1.75 bits per heavy atom. The standard InChI is InChI=1S/C26H33N5O/c1-17-7-9-22-19(15-17)16-21(23-10-8-18(2)29-30-23)26(28-22)31-13-11-20(12-14-31)27-24-5-3-4-6-25(24)32/h7-10,15-16,20,24-25,27,32H,3-6,11-14H2,1-2H3/t24?,25-/m0/s1. The van der Waals surface area contributed by atoms with Gasteiger partial charge < -0.3 is 15.3 Å².